The minimum atomic E-state index is -0.303. The van der Waals surface area contributed by atoms with E-state index in [9.17, 15) is 9.18 Å². The van der Waals surface area contributed by atoms with Gasteiger partial charge in [0, 0.05) is 37.1 Å². The van der Waals surface area contributed by atoms with Crippen LogP contribution in [0.15, 0.2) is 53.1 Å². The molecule has 0 saturated heterocycles. The SMILES string of the molecule is O=C(NCCc1coc(-c2ccc(F)cc2)n1)c1ccc2nc3n(c2c1)CCC3. The van der Waals surface area contributed by atoms with E-state index in [2.05, 4.69) is 19.9 Å². The van der Waals surface area contributed by atoms with Crippen molar-refractivity contribution < 1.29 is 13.6 Å². The molecule has 2 aromatic heterocycles. The predicted molar refractivity (Wildman–Crippen MR) is 106 cm³/mol. The second-order valence-electron chi connectivity index (χ2n) is 7.14. The first-order chi connectivity index (χ1) is 14.2. The average Bonchev–Trinajstić information content (AvgIpc) is 3.44. The van der Waals surface area contributed by atoms with Gasteiger partial charge < -0.3 is 14.3 Å². The molecule has 1 aliphatic heterocycles. The number of aryl methyl sites for hydroxylation is 2. The van der Waals surface area contributed by atoms with Crippen LogP contribution in [0.2, 0.25) is 0 Å². The molecule has 0 radical (unpaired) electrons. The van der Waals surface area contributed by atoms with Crippen LogP contribution in [0.5, 0.6) is 0 Å². The summed E-state index contributed by atoms with van der Waals surface area (Å²) < 4.78 is 20.7. The largest absolute Gasteiger partial charge is 0.444 e. The number of nitrogens with one attached hydrogen (secondary N) is 1. The Morgan fingerprint density at radius 2 is 2.03 bits per heavy atom. The highest BCUT2D eigenvalue weighted by molar-refractivity contribution is 5.97. The number of carbonyl (C=O) groups excluding carboxylic acids is 1. The molecule has 2 aromatic carbocycles. The third-order valence-electron chi connectivity index (χ3n) is 5.18. The van der Waals surface area contributed by atoms with Gasteiger partial charge in [0.1, 0.15) is 17.9 Å². The Morgan fingerprint density at radius 3 is 2.90 bits per heavy atom. The van der Waals surface area contributed by atoms with Gasteiger partial charge >= 0.3 is 0 Å². The molecule has 0 saturated carbocycles. The van der Waals surface area contributed by atoms with Crippen LogP contribution in [-0.4, -0.2) is 27.0 Å². The molecule has 0 bridgehead atoms. The van der Waals surface area contributed by atoms with E-state index in [-0.39, 0.29) is 11.7 Å². The number of amides is 1. The van der Waals surface area contributed by atoms with E-state index in [0.717, 1.165) is 41.9 Å². The molecule has 0 aliphatic carbocycles. The van der Waals surface area contributed by atoms with Gasteiger partial charge in [-0.2, -0.15) is 0 Å². The lowest BCUT2D eigenvalue weighted by Crippen LogP contribution is -2.25. The molecule has 146 valence electrons. The molecule has 29 heavy (non-hydrogen) atoms. The number of hydrogen-bond donors (Lipinski definition) is 1. The number of fused-ring (bicyclic) bond motifs is 3. The standard InChI is InChI=1S/C22H19FN4O2/c23-16-6-3-14(4-7-16)22-25-17(13-29-22)9-10-24-21(28)15-5-8-18-19(12-15)27-11-1-2-20(27)26-18/h3-8,12-13H,1-2,9-11H2,(H,24,28). The molecule has 4 aromatic rings. The van der Waals surface area contributed by atoms with Gasteiger partial charge in [0.2, 0.25) is 5.89 Å². The molecule has 7 heteroatoms. The minimum absolute atomic E-state index is 0.123. The Morgan fingerprint density at radius 1 is 1.17 bits per heavy atom. The van der Waals surface area contributed by atoms with E-state index in [4.69, 9.17) is 4.42 Å². The van der Waals surface area contributed by atoms with Crippen LogP contribution in [0.1, 0.15) is 28.3 Å². The molecule has 3 heterocycles. The third-order valence-corrected chi connectivity index (χ3v) is 5.18. The molecule has 1 aliphatic rings. The van der Waals surface area contributed by atoms with Gasteiger partial charge in [-0.25, -0.2) is 14.4 Å². The van der Waals surface area contributed by atoms with Crippen molar-refractivity contribution in [3.8, 4) is 11.5 Å². The second kappa shape index (κ2) is 7.16. The van der Waals surface area contributed by atoms with Crippen LogP contribution < -0.4 is 5.32 Å². The molecule has 5 rings (SSSR count). The lowest BCUT2D eigenvalue weighted by Gasteiger charge is -2.05. The zero-order valence-electron chi connectivity index (χ0n) is 15.7. The second-order valence-corrected chi connectivity index (χ2v) is 7.14. The van der Waals surface area contributed by atoms with Crippen molar-refractivity contribution in [2.45, 2.75) is 25.8 Å². The molecule has 0 unspecified atom stereocenters. The van der Waals surface area contributed by atoms with E-state index in [1.54, 1.807) is 18.4 Å². The predicted octanol–water partition coefficient (Wildman–Crippen LogP) is 3.75. The maximum atomic E-state index is 13.0. The van der Waals surface area contributed by atoms with Crippen molar-refractivity contribution in [3.63, 3.8) is 0 Å². The van der Waals surface area contributed by atoms with Crippen LogP contribution in [-0.2, 0) is 19.4 Å². The van der Waals surface area contributed by atoms with Crippen LogP contribution >= 0.6 is 0 Å². The van der Waals surface area contributed by atoms with Crippen LogP contribution in [0.25, 0.3) is 22.5 Å². The summed E-state index contributed by atoms with van der Waals surface area (Å²) in [5, 5.41) is 2.93. The van der Waals surface area contributed by atoms with Gasteiger partial charge in [-0.1, -0.05) is 0 Å². The Bertz CT molecular complexity index is 1190. The fraction of sp³-hybridized carbons (Fsp3) is 0.227. The summed E-state index contributed by atoms with van der Waals surface area (Å²) in [5.41, 5.74) is 4.02. The highest BCUT2D eigenvalue weighted by atomic mass is 19.1. The maximum Gasteiger partial charge on any atom is 0.251 e. The van der Waals surface area contributed by atoms with Gasteiger partial charge in [0.15, 0.2) is 0 Å². The number of carbonyl (C=O) groups is 1. The number of rotatable bonds is 5. The molecular weight excluding hydrogens is 371 g/mol. The van der Waals surface area contributed by atoms with Gasteiger partial charge in [-0.3, -0.25) is 4.79 Å². The molecule has 0 atom stereocenters. The number of aromatic nitrogens is 3. The summed E-state index contributed by atoms with van der Waals surface area (Å²) in [7, 11) is 0. The number of hydrogen-bond acceptors (Lipinski definition) is 4. The highest BCUT2D eigenvalue weighted by Gasteiger charge is 2.17. The number of imidazole rings is 1. The number of halogens is 1. The molecule has 0 spiro atoms. The van der Waals surface area contributed by atoms with E-state index in [0.29, 0.717) is 30.0 Å². The maximum absolute atomic E-state index is 13.0. The lowest BCUT2D eigenvalue weighted by atomic mass is 10.2. The third kappa shape index (κ3) is 3.40. The van der Waals surface area contributed by atoms with Crippen LogP contribution in [0.4, 0.5) is 4.39 Å². The van der Waals surface area contributed by atoms with Crippen molar-refractivity contribution in [2.24, 2.45) is 0 Å². The molecular formula is C22H19FN4O2. The van der Waals surface area contributed by atoms with Gasteiger partial charge in [-0.05, 0) is 48.9 Å². The number of oxazole rings is 1. The lowest BCUT2D eigenvalue weighted by molar-refractivity contribution is 0.0954. The quantitative estimate of drug-likeness (QED) is 0.563. The summed E-state index contributed by atoms with van der Waals surface area (Å²) in [6.45, 7) is 1.40. The van der Waals surface area contributed by atoms with Gasteiger partial charge in [0.25, 0.3) is 5.91 Å². The molecule has 1 N–H and O–H groups in total. The zero-order valence-corrected chi connectivity index (χ0v) is 15.7. The summed E-state index contributed by atoms with van der Waals surface area (Å²) in [6, 6.07) is 11.6. The van der Waals surface area contributed by atoms with Crippen molar-refractivity contribution >= 4 is 16.9 Å². The number of nitrogens with zero attached hydrogens (tertiary/aromatic N) is 3. The van der Waals surface area contributed by atoms with Crippen molar-refractivity contribution in [1.82, 2.24) is 19.9 Å². The first-order valence-corrected chi connectivity index (χ1v) is 9.65. The zero-order chi connectivity index (χ0) is 19.8. The Hall–Kier alpha value is -3.48. The normalized spacial score (nSPS) is 13.0. The molecule has 1 amide bonds. The van der Waals surface area contributed by atoms with Crippen molar-refractivity contribution in [3.05, 3.63) is 71.6 Å². The molecule has 6 nitrogen and oxygen atoms in total. The summed E-state index contributed by atoms with van der Waals surface area (Å²) in [4.78, 5) is 21.6. The fourth-order valence-corrected chi connectivity index (χ4v) is 3.70. The number of benzene rings is 2. The smallest absolute Gasteiger partial charge is 0.251 e. The summed E-state index contributed by atoms with van der Waals surface area (Å²) >= 11 is 0. The first-order valence-electron chi connectivity index (χ1n) is 9.65. The molecule has 0 fully saturated rings. The van der Waals surface area contributed by atoms with Crippen molar-refractivity contribution in [2.75, 3.05) is 6.54 Å². The monoisotopic (exact) mass is 390 g/mol. The van der Waals surface area contributed by atoms with E-state index < -0.39 is 0 Å². The van der Waals surface area contributed by atoms with Crippen LogP contribution in [0, 0.1) is 5.82 Å². The summed E-state index contributed by atoms with van der Waals surface area (Å²) in [5.74, 6) is 1.11. The average molecular weight is 390 g/mol. The summed E-state index contributed by atoms with van der Waals surface area (Å²) in [6.07, 6.45) is 4.20. The Kier molecular flexibility index (Phi) is 4.35. The van der Waals surface area contributed by atoms with Gasteiger partial charge in [-0.15, -0.1) is 0 Å². The first kappa shape index (κ1) is 17.6. The van der Waals surface area contributed by atoms with E-state index in [1.807, 2.05) is 18.2 Å². The minimum Gasteiger partial charge on any atom is -0.444 e. The Balaban J connectivity index is 1.22. The van der Waals surface area contributed by atoms with E-state index in [1.165, 1.54) is 12.1 Å². The van der Waals surface area contributed by atoms with E-state index >= 15 is 0 Å². The van der Waals surface area contributed by atoms with Crippen molar-refractivity contribution in [1.29, 1.82) is 0 Å². The van der Waals surface area contributed by atoms with Crippen LogP contribution in [0.3, 0.4) is 0 Å². The fourth-order valence-electron chi connectivity index (χ4n) is 3.70. The van der Waals surface area contributed by atoms with Gasteiger partial charge in [0.05, 0.1) is 16.7 Å². The highest BCUT2D eigenvalue weighted by Crippen LogP contribution is 2.23. The Labute approximate surface area is 166 Å². The topological polar surface area (TPSA) is 73.0 Å².